The second kappa shape index (κ2) is 8.24. The van der Waals surface area contributed by atoms with Crippen LogP contribution >= 0.6 is 0 Å². The first-order valence-corrected chi connectivity index (χ1v) is 10.2. The van der Waals surface area contributed by atoms with Crippen molar-refractivity contribution in [3.05, 3.63) is 53.9 Å². The van der Waals surface area contributed by atoms with Gasteiger partial charge in [0.1, 0.15) is 5.65 Å². The van der Waals surface area contributed by atoms with Crippen molar-refractivity contribution in [2.24, 2.45) is 0 Å². The summed E-state index contributed by atoms with van der Waals surface area (Å²) >= 11 is 0. The smallest absolute Gasteiger partial charge is 0.138 e. The van der Waals surface area contributed by atoms with Crippen molar-refractivity contribution in [3.63, 3.8) is 0 Å². The molecular weight excluding hydrogens is 332 g/mol. The molecule has 0 bridgehead atoms. The monoisotopic (exact) mass is 362 g/mol. The maximum Gasteiger partial charge on any atom is 0.138 e. The quantitative estimate of drug-likeness (QED) is 0.703. The van der Waals surface area contributed by atoms with Gasteiger partial charge in [0.05, 0.1) is 0 Å². The summed E-state index contributed by atoms with van der Waals surface area (Å²) in [7, 11) is 0. The molecule has 0 amide bonds. The van der Waals surface area contributed by atoms with Crippen molar-refractivity contribution >= 4 is 11.0 Å². The molecule has 4 heteroatoms. The Balaban J connectivity index is 1.42. The summed E-state index contributed by atoms with van der Waals surface area (Å²) in [6, 6.07) is 11.2. The lowest BCUT2D eigenvalue weighted by molar-refractivity contribution is 0.126. The fourth-order valence-electron chi connectivity index (χ4n) is 4.06. The summed E-state index contributed by atoms with van der Waals surface area (Å²) < 4.78 is 0. The average molecular weight is 363 g/mol. The van der Waals surface area contributed by atoms with E-state index in [0.29, 0.717) is 0 Å². The minimum atomic E-state index is 0.968. The third-order valence-corrected chi connectivity index (χ3v) is 5.73. The summed E-state index contributed by atoms with van der Waals surface area (Å²) in [6.07, 6.45) is 6.54. The predicted octanol–water partition coefficient (Wildman–Crippen LogP) is 4.46. The number of piperazine rings is 1. The molecular formula is C23H30N4. The number of hydrogen-bond acceptors (Lipinski definition) is 3. The molecule has 142 valence electrons. The molecule has 27 heavy (non-hydrogen) atoms. The van der Waals surface area contributed by atoms with E-state index in [1.165, 1.54) is 73.2 Å². The van der Waals surface area contributed by atoms with Crippen LogP contribution in [0.15, 0.2) is 42.7 Å². The molecule has 2 aromatic heterocycles. The largest absolute Gasteiger partial charge is 0.346 e. The van der Waals surface area contributed by atoms with Gasteiger partial charge in [-0.05, 0) is 48.2 Å². The van der Waals surface area contributed by atoms with E-state index in [9.17, 15) is 0 Å². The van der Waals surface area contributed by atoms with E-state index in [1.54, 1.807) is 0 Å². The number of aryl methyl sites for hydroxylation is 1. The summed E-state index contributed by atoms with van der Waals surface area (Å²) in [4.78, 5) is 12.9. The number of aromatic amines is 1. The second-order valence-corrected chi connectivity index (χ2v) is 7.72. The highest BCUT2D eigenvalue weighted by molar-refractivity contribution is 5.95. The molecule has 4 rings (SSSR count). The van der Waals surface area contributed by atoms with Gasteiger partial charge in [0.2, 0.25) is 0 Å². The van der Waals surface area contributed by atoms with Crippen molar-refractivity contribution in [1.82, 2.24) is 19.8 Å². The number of rotatable bonds is 6. The number of nitrogens with one attached hydrogen (secondary N) is 1. The van der Waals surface area contributed by atoms with Gasteiger partial charge in [0.25, 0.3) is 0 Å². The van der Waals surface area contributed by atoms with Crippen molar-refractivity contribution in [2.75, 3.05) is 32.7 Å². The van der Waals surface area contributed by atoms with Crippen LogP contribution in [0.5, 0.6) is 0 Å². The molecule has 1 aromatic carbocycles. The first kappa shape index (κ1) is 18.2. The highest BCUT2D eigenvalue weighted by Crippen LogP contribution is 2.29. The molecule has 1 aliphatic rings. The van der Waals surface area contributed by atoms with Crippen LogP contribution in [0.25, 0.3) is 22.2 Å². The standard InChI is InChI=1S/C23H30N4/c1-3-4-11-26-12-14-27(15-13-26)17-19-5-7-20(8-6-19)21-9-10-24-23-22(21)18(2)16-25-23/h5-10,16H,3-4,11-15,17H2,1-2H3,(H,24,25). The Morgan fingerprint density at radius 1 is 1.00 bits per heavy atom. The van der Waals surface area contributed by atoms with Crippen LogP contribution in [0.2, 0.25) is 0 Å². The van der Waals surface area contributed by atoms with Gasteiger partial charge < -0.3 is 9.88 Å². The van der Waals surface area contributed by atoms with Gasteiger partial charge in [-0.2, -0.15) is 0 Å². The Bertz CT molecular complexity index is 873. The van der Waals surface area contributed by atoms with E-state index in [2.05, 4.69) is 63.9 Å². The van der Waals surface area contributed by atoms with E-state index >= 15 is 0 Å². The van der Waals surface area contributed by atoms with Crippen LogP contribution in [0.1, 0.15) is 30.9 Å². The molecule has 0 atom stereocenters. The molecule has 1 fully saturated rings. The van der Waals surface area contributed by atoms with E-state index in [4.69, 9.17) is 0 Å². The fourth-order valence-corrected chi connectivity index (χ4v) is 4.06. The molecule has 0 saturated carbocycles. The molecule has 1 aliphatic heterocycles. The van der Waals surface area contributed by atoms with Crippen LogP contribution in [-0.4, -0.2) is 52.5 Å². The van der Waals surface area contributed by atoms with Crippen molar-refractivity contribution in [3.8, 4) is 11.1 Å². The van der Waals surface area contributed by atoms with Gasteiger partial charge in [-0.15, -0.1) is 0 Å². The summed E-state index contributed by atoms with van der Waals surface area (Å²) in [5.41, 5.74) is 6.14. The number of H-pyrrole nitrogens is 1. The molecule has 3 aromatic rings. The number of pyridine rings is 1. The van der Waals surface area contributed by atoms with Crippen LogP contribution in [0.3, 0.4) is 0 Å². The molecule has 4 nitrogen and oxygen atoms in total. The normalized spacial score (nSPS) is 16.2. The molecule has 1 N–H and O–H groups in total. The lowest BCUT2D eigenvalue weighted by atomic mass is 10.0. The van der Waals surface area contributed by atoms with Gasteiger partial charge in [0, 0.05) is 50.5 Å². The number of fused-ring (bicyclic) bond motifs is 1. The van der Waals surface area contributed by atoms with E-state index in [-0.39, 0.29) is 0 Å². The van der Waals surface area contributed by atoms with Crippen molar-refractivity contribution in [2.45, 2.75) is 33.2 Å². The first-order chi connectivity index (χ1) is 13.2. The summed E-state index contributed by atoms with van der Waals surface area (Å²) in [5.74, 6) is 0. The lowest BCUT2D eigenvalue weighted by Crippen LogP contribution is -2.46. The van der Waals surface area contributed by atoms with E-state index < -0.39 is 0 Å². The minimum absolute atomic E-state index is 0.968. The Morgan fingerprint density at radius 3 is 2.48 bits per heavy atom. The van der Waals surface area contributed by atoms with E-state index in [1.807, 2.05) is 12.4 Å². The van der Waals surface area contributed by atoms with Crippen molar-refractivity contribution in [1.29, 1.82) is 0 Å². The Kier molecular flexibility index (Phi) is 5.55. The Hall–Kier alpha value is -2.17. The zero-order valence-electron chi connectivity index (χ0n) is 16.5. The summed E-state index contributed by atoms with van der Waals surface area (Å²) in [6.45, 7) is 11.5. The van der Waals surface area contributed by atoms with Gasteiger partial charge in [0.15, 0.2) is 0 Å². The maximum absolute atomic E-state index is 4.44. The Labute approximate surface area is 162 Å². The van der Waals surface area contributed by atoms with Crippen LogP contribution < -0.4 is 0 Å². The number of benzene rings is 1. The molecule has 0 unspecified atom stereocenters. The first-order valence-electron chi connectivity index (χ1n) is 10.2. The van der Waals surface area contributed by atoms with E-state index in [0.717, 1.165) is 12.2 Å². The molecule has 3 heterocycles. The van der Waals surface area contributed by atoms with Gasteiger partial charge in [-0.25, -0.2) is 4.98 Å². The van der Waals surface area contributed by atoms with Gasteiger partial charge >= 0.3 is 0 Å². The highest BCUT2D eigenvalue weighted by atomic mass is 15.3. The maximum atomic E-state index is 4.44. The minimum Gasteiger partial charge on any atom is -0.346 e. The zero-order valence-corrected chi connectivity index (χ0v) is 16.5. The molecule has 1 saturated heterocycles. The topological polar surface area (TPSA) is 35.2 Å². The number of nitrogens with zero attached hydrogens (tertiary/aromatic N) is 3. The second-order valence-electron chi connectivity index (χ2n) is 7.72. The lowest BCUT2D eigenvalue weighted by Gasteiger charge is -2.34. The van der Waals surface area contributed by atoms with Crippen molar-refractivity contribution < 1.29 is 0 Å². The number of aromatic nitrogens is 2. The zero-order chi connectivity index (χ0) is 18.6. The molecule has 0 aliphatic carbocycles. The SMILES string of the molecule is CCCCN1CCN(Cc2ccc(-c3ccnc4[nH]cc(C)c34)cc2)CC1. The highest BCUT2D eigenvalue weighted by Gasteiger charge is 2.16. The van der Waals surface area contributed by atoms with Crippen LogP contribution in [0, 0.1) is 6.92 Å². The third-order valence-electron chi connectivity index (χ3n) is 5.73. The van der Waals surface area contributed by atoms with Gasteiger partial charge in [-0.3, -0.25) is 4.90 Å². The Morgan fingerprint density at radius 2 is 1.74 bits per heavy atom. The van der Waals surface area contributed by atoms with Crippen LogP contribution in [0.4, 0.5) is 0 Å². The predicted molar refractivity (Wildman–Crippen MR) is 113 cm³/mol. The third kappa shape index (κ3) is 4.07. The fraction of sp³-hybridized carbons (Fsp3) is 0.435. The molecule has 0 spiro atoms. The number of hydrogen-bond donors (Lipinski definition) is 1. The average Bonchev–Trinajstić information content (AvgIpc) is 3.09. The van der Waals surface area contributed by atoms with Crippen LogP contribution in [-0.2, 0) is 6.54 Å². The molecule has 0 radical (unpaired) electrons. The number of unbranched alkanes of at least 4 members (excludes halogenated alkanes) is 1. The summed E-state index contributed by atoms with van der Waals surface area (Å²) in [5, 5.41) is 1.23. The van der Waals surface area contributed by atoms with Gasteiger partial charge in [-0.1, -0.05) is 37.6 Å².